The zero-order chi connectivity index (χ0) is 18.1. The lowest BCUT2D eigenvalue weighted by molar-refractivity contribution is 0.140. The molecule has 0 aliphatic heterocycles. The Balaban J connectivity index is 1.76. The molecular weight excluding hydrogens is 326 g/mol. The predicted octanol–water partition coefficient (Wildman–Crippen LogP) is 3.50. The molecule has 1 N–H and O–H groups in total. The maximum Gasteiger partial charge on any atom is 0.407 e. The fraction of sp³-hybridized carbons (Fsp3) is 0.158. The standard InChI is InChI=1S/C19H14F2N2O2/c20-17-10-15(11-18(21)16(17)12-22)8-4-5-9-23-19(24)25-13-14-6-2-1-3-7-14/h1-3,6-7,10-11H,5,9,13H2,(H,23,24). The third kappa shape index (κ3) is 5.63. The van der Waals surface area contributed by atoms with Gasteiger partial charge in [0.25, 0.3) is 0 Å². The van der Waals surface area contributed by atoms with E-state index in [2.05, 4.69) is 17.2 Å². The summed E-state index contributed by atoms with van der Waals surface area (Å²) in [5.41, 5.74) is 0.372. The van der Waals surface area contributed by atoms with Gasteiger partial charge in [-0.15, -0.1) is 0 Å². The molecule has 0 heterocycles. The molecule has 0 saturated carbocycles. The van der Waals surface area contributed by atoms with Crippen LogP contribution in [0.25, 0.3) is 0 Å². The van der Waals surface area contributed by atoms with E-state index in [4.69, 9.17) is 10.00 Å². The maximum absolute atomic E-state index is 13.4. The fourth-order valence-corrected chi connectivity index (χ4v) is 1.92. The minimum absolute atomic E-state index is 0.126. The van der Waals surface area contributed by atoms with Crippen LogP contribution in [0.4, 0.5) is 13.6 Å². The monoisotopic (exact) mass is 340 g/mol. The van der Waals surface area contributed by atoms with Gasteiger partial charge in [-0.1, -0.05) is 42.2 Å². The number of nitrogens with one attached hydrogen (secondary N) is 1. The Labute approximate surface area is 144 Å². The highest BCUT2D eigenvalue weighted by Crippen LogP contribution is 2.13. The Hall–Kier alpha value is -3.38. The van der Waals surface area contributed by atoms with E-state index in [0.29, 0.717) is 0 Å². The second-order valence-corrected chi connectivity index (χ2v) is 4.97. The van der Waals surface area contributed by atoms with E-state index >= 15 is 0 Å². The number of amides is 1. The summed E-state index contributed by atoms with van der Waals surface area (Å²) in [4.78, 5) is 11.5. The van der Waals surface area contributed by atoms with E-state index in [9.17, 15) is 13.6 Å². The molecule has 0 unspecified atom stereocenters. The summed E-state index contributed by atoms with van der Waals surface area (Å²) in [6, 6.07) is 12.7. The molecular formula is C19H14F2N2O2. The Bertz CT molecular complexity index is 826. The smallest absolute Gasteiger partial charge is 0.407 e. The molecule has 25 heavy (non-hydrogen) atoms. The van der Waals surface area contributed by atoms with Crippen molar-refractivity contribution in [2.75, 3.05) is 6.54 Å². The minimum atomic E-state index is -0.950. The number of alkyl carbamates (subject to hydrolysis) is 1. The van der Waals surface area contributed by atoms with Gasteiger partial charge in [0.05, 0.1) is 0 Å². The zero-order valence-corrected chi connectivity index (χ0v) is 13.2. The number of benzene rings is 2. The van der Waals surface area contributed by atoms with Crippen molar-refractivity contribution in [2.45, 2.75) is 13.0 Å². The lowest BCUT2D eigenvalue weighted by atomic mass is 10.1. The molecule has 2 rings (SSSR count). The van der Waals surface area contributed by atoms with Crippen LogP contribution in [-0.4, -0.2) is 12.6 Å². The number of hydrogen-bond acceptors (Lipinski definition) is 3. The number of nitrogens with zero attached hydrogens (tertiary/aromatic N) is 1. The summed E-state index contributed by atoms with van der Waals surface area (Å²) in [6.45, 7) is 0.407. The number of rotatable bonds is 4. The zero-order valence-electron chi connectivity index (χ0n) is 13.2. The summed E-state index contributed by atoms with van der Waals surface area (Å²) in [5.74, 6) is 3.36. The first-order valence-corrected chi connectivity index (χ1v) is 7.42. The number of hydrogen-bond donors (Lipinski definition) is 1. The van der Waals surface area contributed by atoms with Gasteiger partial charge in [-0.05, 0) is 17.7 Å². The molecule has 0 atom stereocenters. The molecule has 0 aliphatic rings. The van der Waals surface area contributed by atoms with Crippen molar-refractivity contribution in [3.05, 3.63) is 70.8 Å². The van der Waals surface area contributed by atoms with Gasteiger partial charge in [-0.25, -0.2) is 13.6 Å². The normalized spacial score (nSPS) is 9.48. The first-order chi connectivity index (χ1) is 12.1. The summed E-state index contributed by atoms with van der Waals surface area (Å²) in [5, 5.41) is 11.1. The second kappa shape index (κ2) is 9.05. The minimum Gasteiger partial charge on any atom is -0.445 e. The number of carbonyl (C=O) groups is 1. The largest absolute Gasteiger partial charge is 0.445 e. The Morgan fingerprint density at radius 2 is 1.84 bits per heavy atom. The van der Waals surface area contributed by atoms with Crippen LogP contribution in [0.3, 0.4) is 0 Å². The van der Waals surface area contributed by atoms with Gasteiger partial charge in [0, 0.05) is 18.5 Å². The molecule has 0 aliphatic carbocycles. The average molecular weight is 340 g/mol. The maximum atomic E-state index is 13.4. The van der Waals surface area contributed by atoms with Crippen LogP contribution in [0, 0.1) is 34.8 Å². The van der Waals surface area contributed by atoms with E-state index < -0.39 is 23.3 Å². The molecule has 0 aromatic heterocycles. The van der Waals surface area contributed by atoms with E-state index in [1.807, 2.05) is 30.3 Å². The summed E-state index contributed by atoms with van der Waals surface area (Å²) in [6.07, 6.45) is -0.287. The molecule has 126 valence electrons. The summed E-state index contributed by atoms with van der Waals surface area (Å²) < 4.78 is 31.8. The molecule has 0 spiro atoms. The van der Waals surface area contributed by atoms with Crippen molar-refractivity contribution in [2.24, 2.45) is 0 Å². The topological polar surface area (TPSA) is 62.1 Å². The third-order valence-corrected chi connectivity index (χ3v) is 3.12. The number of carbonyl (C=O) groups excluding carboxylic acids is 1. The van der Waals surface area contributed by atoms with Gasteiger partial charge in [-0.3, -0.25) is 0 Å². The van der Waals surface area contributed by atoms with Crippen LogP contribution in [0.2, 0.25) is 0 Å². The van der Waals surface area contributed by atoms with Crippen LogP contribution >= 0.6 is 0 Å². The van der Waals surface area contributed by atoms with Crippen molar-refractivity contribution in [1.82, 2.24) is 5.32 Å². The summed E-state index contributed by atoms with van der Waals surface area (Å²) >= 11 is 0. The molecule has 6 heteroatoms. The average Bonchev–Trinajstić information content (AvgIpc) is 2.60. The van der Waals surface area contributed by atoms with Crippen molar-refractivity contribution >= 4 is 6.09 Å². The highest BCUT2D eigenvalue weighted by molar-refractivity contribution is 5.67. The van der Waals surface area contributed by atoms with Gasteiger partial charge >= 0.3 is 6.09 Å². The Kier molecular flexibility index (Phi) is 6.50. The van der Waals surface area contributed by atoms with E-state index in [-0.39, 0.29) is 25.1 Å². The van der Waals surface area contributed by atoms with E-state index in [1.165, 1.54) is 6.07 Å². The van der Waals surface area contributed by atoms with Crippen molar-refractivity contribution < 1.29 is 18.3 Å². The Morgan fingerprint density at radius 1 is 1.16 bits per heavy atom. The molecule has 0 fully saturated rings. The predicted molar refractivity (Wildman–Crippen MR) is 87.2 cm³/mol. The highest BCUT2D eigenvalue weighted by Gasteiger charge is 2.09. The van der Waals surface area contributed by atoms with E-state index in [1.54, 1.807) is 0 Å². The molecule has 2 aromatic carbocycles. The van der Waals surface area contributed by atoms with Crippen LogP contribution < -0.4 is 5.32 Å². The quantitative estimate of drug-likeness (QED) is 0.684. The van der Waals surface area contributed by atoms with E-state index in [0.717, 1.165) is 17.7 Å². The van der Waals surface area contributed by atoms with Crippen LogP contribution in [0.1, 0.15) is 23.1 Å². The van der Waals surface area contributed by atoms with Gasteiger partial charge in [-0.2, -0.15) is 5.26 Å². The van der Waals surface area contributed by atoms with Gasteiger partial charge in [0.2, 0.25) is 0 Å². The van der Waals surface area contributed by atoms with Crippen molar-refractivity contribution in [3.8, 4) is 17.9 Å². The number of nitriles is 1. The van der Waals surface area contributed by atoms with Crippen molar-refractivity contribution in [3.63, 3.8) is 0 Å². The fourth-order valence-electron chi connectivity index (χ4n) is 1.92. The first-order valence-electron chi connectivity index (χ1n) is 7.42. The molecule has 2 aromatic rings. The third-order valence-electron chi connectivity index (χ3n) is 3.12. The summed E-state index contributed by atoms with van der Waals surface area (Å²) in [7, 11) is 0. The molecule has 0 radical (unpaired) electrons. The lowest BCUT2D eigenvalue weighted by Crippen LogP contribution is -2.24. The van der Waals surface area contributed by atoms with Crippen LogP contribution in [0.15, 0.2) is 42.5 Å². The van der Waals surface area contributed by atoms with Gasteiger partial charge in [0.1, 0.15) is 29.9 Å². The Morgan fingerprint density at radius 3 is 2.48 bits per heavy atom. The van der Waals surface area contributed by atoms with Gasteiger partial charge in [0.15, 0.2) is 0 Å². The lowest BCUT2D eigenvalue weighted by Gasteiger charge is -2.05. The SMILES string of the molecule is N#Cc1c(F)cc(C#CCCNC(=O)OCc2ccccc2)cc1F. The van der Waals surface area contributed by atoms with Crippen molar-refractivity contribution in [1.29, 1.82) is 5.26 Å². The van der Waals surface area contributed by atoms with Crippen LogP contribution in [-0.2, 0) is 11.3 Å². The highest BCUT2D eigenvalue weighted by atomic mass is 19.1. The molecule has 1 amide bonds. The molecule has 0 saturated heterocycles. The molecule has 0 bridgehead atoms. The van der Waals surface area contributed by atoms with Gasteiger partial charge < -0.3 is 10.1 Å². The van der Waals surface area contributed by atoms with Crippen LogP contribution in [0.5, 0.6) is 0 Å². The number of halogens is 2. The molecule has 4 nitrogen and oxygen atoms in total. The first kappa shape index (κ1) is 18.0. The second-order valence-electron chi connectivity index (χ2n) is 4.97. The number of ether oxygens (including phenoxy) is 1.